The second kappa shape index (κ2) is 6.06. The van der Waals surface area contributed by atoms with Crippen LogP contribution in [0.1, 0.15) is 59.8 Å². The molecule has 3 unspecified atom stereocenters. The zero-order valence-electron chi connectivity index (χ0n) is 14.5. The Morgan fingerprint density at radius 3 is 2.68 bits per heavy atom. The number of carboxylic acid groups (broad SMARTS) is 1. The maximum atomic E-state index is 11.7. The molecule has 0 aromatic carbocycles. The summed E-state index contributed by atoms with van der Waals surface area (Å²) in [6.07, 6.45) is 11.3. The molecule has 0 spiro atoms. The summed E-state index contributed by atoms with van der Waals surface area (Å²) in [5.74, 6) is -0.0600. The number of aliphatic carboxylic acids is 1. The minimum absolute atomic E-state index is 0.0855. The highest BCUT2D eigenvalue weighted by Crippen LogP contribution is 2.60. The van der Waals surface area contributed by atoms with Gasteiger partial charge < -0.3 is 5.11 Å². The van der Waals surface area contributed by atoms with E-state index in [-0.39, 0.29) is 11.3 Å². The van der Waals surface area contributed by atoms with Crippen molar-refractivity contribution in [2.75, 3.05) is 0 Å². The fraction of sp³-hybridized carbons (Fsp3) is 0.650. The molecule has 122 valence electrons. The molecular formula is C20H30O2. The van der Waals surface area contributed by atoms with Gasteiger partial charge in [0, 0.05) is 5.57 Å². The van der Waals surface area contributed by atoms with Crippen LogP contribution in [0.4, 0.5) is 0 Å². The van der Waals surface area contributed by atoms with Crippen LogP contribution in [0.2, 0.25) is 0 Å². The van der Waals surface area contributed by atoms with Gasteiger partial charge in [0.25, 0.3) is 0 Å². The van der Waals surface area contributed by atoms with E-state index in [2.05, 4.69) is 33.4 Å². The Morgan fingerprint density at radius 1 is 1.41 bits per heavy atom. The minimum Gasteiger partial charge on any atom is -0.478 e. The van der Waals surface area contributed by atoms with Gasteiger partial charge in [-0.1, -0.05) is 57.6 Å². The summed E-state index contributed by atoms with van der Waals surface area (Å²) >= 11 is 0. The largest absolute Gasteiger partial charge is 0.478 e. The predicted octanol–water partition coefficient (Wildman–Crippen LogP) is 5.37. The average Bonchev–Trinajstić information content (AvgIpc) is 2.43. The lowest BCUT2D eigenvalue weighted by atomic mass is 9.48. The van der Waals surface area contributed by atoms with Crippen molar-refractivity contribution in [2.45, 2.75) is 59.8 Å². The van der Waals surface area contributed by atoms with Gasteiger partial charge in [0.15, 0.2) is 0 Å². The van der Waals surface area contributed by atoms with Crippen LogP contribution in [-0.4, -0.2) is 11.1 Å². The molecule has 2 aliphatic carbocycles. The molecule has 22 heavy (non-hydrogen) atoms. The first-order valence-corrected chi connectivity index (χ1v) is 8.45. The van der Waals surface area contributed by atoms with Crippen LogP contribution in [0.5, 0.6) is 0 Å². The topological polar surface area (TPSA) is 37.3 Å². The van der Waals surface area contributed by atoms with Crippen molar-refractivity contribution in [1.29, 1.82) is 0 Å². The quantitative estimate of drug-likeness (QED) is 0.709. The monoisotopic (exact) mass is 302 g/mol. The molecule has 2 nitrogen and oxygen atoms in total. The van der Waals surface area contributed by atoms with Crippen LogP contribution in [0.3, 0.4) is 0 Å². The summed E-state index contributed by atoms with van der Waals surface area (Å²) in [7, 11) is 0. The van der Waals surface area contributed by atoms with Crippen molar-refractivity contribution in [1.82, 2.24) is 0 Å². The molecule has 0 heterocycles. The van der Waals surface area contributed by atoms with Crippen LogP contribution in [0.15, 0.2) is 36.0 Å². The van der Waals surface area contributed by atoms with E-state index in [1.165, 1.54) is 12.8 Å². The average molecular weight is 302 g/mol. The third-order valence-corrected chi connectivity index (χ3v) is 6.27. The number of hydrogen-bond donors (Lipinski definition) is 1. The van der Waals surface area contributed by atoms with Gasteiger partial charge in [-0.05, 0) is 55.3 Å². The summed E-state index contributed by atoms with van der Waals surface area (Å²) in [6, 6.07) is 0. The highest BCUT2D eigenvalue weighted by molar-refractivity contribution is 5.87. The Bertz CT molecular complexity index is 524. The van der Waals surface area contributed by atoms with Gasteiger partial charge in [-0.2, -0.15) is 0 Å². The molecule has 0 saturated heterocycles. The van der Waals surface area contributed by atoms with E-state index in [0.29, 0.717) is 16.9 Å². The third-order valence-electron chi connectivity index (χ3n) is 6.27. The molecule has 3 atom stereocenters. The first-order valence-electron chi connectivity index (χ1n) is 8.45. The van der Waals surface area contributed by atoms with E-state index >= 15 is 0 Å². The normalized spacial score (nSPS) is 34.5. The number of allylic oxidation sites excluding steroid dienone is 4. The van der Waals surface area contributed by atoms with Crippen molar-refractivity contribution in [2.24, 2.45) is 22.7 Å². The van der Waals surface area contributed by atoms with Crippen molar-refractivity contribution in [3.8, 4) is 0 Å². The molecule has 0 bridgehead atoms. The number of carboxylic acids is 1. The summed E-state index contributed by atoms with van der Waals surface area (Å²) in [4.78, 5) is 11.7. The highest BCUT2D eigenvalue weighted by Gasteiger charge is 2.53. The van der Waals surface area contributed by atoms with Gasteiger partial charge in [0.05, 0.1) is 0 Å². The number of carbonyl (C=O) groups is 1. The zero-order chi connectivity index (χ0) is 16.5. The highest BCUT2D eigenvalue weighted by atomic mass is 16.4. The fourth-order valence-corrected chi connectivity index (χ4v) is 4.93. The molecule has 2 heteroatoms. The van der Waals surface area contributed by atoms with Crippen molar-refractivity contribution < 1.29 is 9.90 Å². The van der Waals surface area contributed by atoms with E-state index in [1.54, 1.807) is 0 Å². The van der Waals surface area contributed by atoms with Crippen molar-refractivity contribution in [3.05, 3.63) is 36.0 Å². The van der Waals surface area contributed by atoms with Crippen molar-refractivity contribution >= 4 is 5.97 Å². The first kappa shape index (κ1) is 17.1. The van der Waals surface area contributed by atoms with Crippen molar-refractivity contribution in [3.63, 3.8) is 0 Å². The molecule has 1 fully saturated rings. The molecule has 1 N–H and O–H groups in total. The lowest BCUT2D eigenvalue weighted by Gasteiger charge is -2.56. The molecule has 0 aliphatic heterocycles. The Hall–Kier alpha value is -1.31. The Balaban J connectivity index is 2.43. The van der Waals surface area contributed by atoms with Gasteiger partial charge in [-0.3, -0.25) is 0 Å². The Labute approximate surface area is 135 Å². The van der Waals surface area contributed by atoms with Gasteiger partial charge >= 0.3 is 5.97 Å². The van der Waals surface area contributed by atoms with E-state index < -0.39 is 5.97 Å². The standard InChI is InChI=1S/C20H30O2/c1-6-14(2)8-10-16-15(18(21)22)9-11-17-19(3,4)12-7-13-20(16,17)5/h6,8-9,16-17H,1,7,10-13H2,2-5H3,(H,21,22). The van der Waals surface area contributed by atoms with Gasteiger partial charge in [-0.25, -0.2) is 4.79 Å². The summed E-state index contributed by atoms with van der Waals surface area (Å²) in [5, 5.41) is 9.66. The fourth-order valence-electron chi connectivity index (χ4n) is 4.93. The van der Waals surface area contributed by atoms with Crippen LogP contribution in [0, 0.1) is 22.7 Å². The van der Waals surface area contributed by atoms with E-state index in [1.807, 2.05) is 19.1 Å². The van der Waals surface area contributed by atoms with E-state index in [9.17, 15) is 9.90 Å². The maximum Gasteiger partial charge on any atom is 0.331 e. The van der Waals surface area contributed by atoms with E-state index in [0.717, 1.165) is 24.8 Å². The molecule has 2 aliphatic rings. The van der Waals surface area contributed by atoms with Crippen LogP contribution < -0.4 is 0 Å². The minimum atomic E-state index is -0.738. The number of hydrogen-bond acceptors (Lipinski definition) is 1. The van der Waals surface area contributed by atoms with Gasteiger partial charge in [-0.15, -0.1) is 0 Å². The summed E-state index contributed by atoms with van der Waals surface area (Å²) in [5.41, 5.74) is 2.14. The molecule has 1 saturated carbocycles. The molecule has 2 rings (SSSR count). The first-order chi connectivity index (χ1) is 10.2. The maximum absolute atomic E-state index is 11.7. The molecule has 0 radical (unpaired) electrons. The van der Waals surface area contributed by atoms with Crippen LogP contribution in [0.25, 0.3) is 0 Å². The predicted molar refractivity (Wildman–Crippen MR) is 91.6 cm³/mol. The summed E-state index contributed by atoms with van der Waals surface area (Å²) < 4.78 is 0. The molecule has 0 aromatic heterocycles. The lowest BCUT2D eigenvalue weighted by Crippen LogP contribution is -2.49. The van der Waals surface area contributed by atoms with Crippen LogP contribution in [-0.2, 0) is 4.79 Å². The molecule has 0 amide bonds. The Kier molecular flexibility index (Phi) is 4.70. The van der Waals surface area contributed by atoms with Gasteiger partial charge in [0.1, 0.15) is 0 Å². The molecule has 0 aromatic rings. The second-order valence-corrected chi connectivity index (χ2v) is 8.04. The van der Waals surface area contributed by atoms with Crippen LogP contribution >= 0.6 is 0 Å². The smallest absolute Gasteiger partial charge is 0.331 e. The SMILES string of the molecule is C=CC(C)=CCC1C(C(=O)O)=CCC2C(C)(C)CCCC12C. The number of fused-ring (bicyclic) bond motifs is 1. The van der Waals surface area contributed by atoms with Gasteiger partial charge in [0.2, 0.25) is 0 Å². The Morgan fingerprint density at radius 2 is 2.09 bits per heavy atom. The second-order valence-electron chi connectivity index (χ2n) is 8.04. The zero-order valence-corrected chi connectivity index (χ0v) is 14.5. The lowest BCUT2D eigenvalue weighted by molar-refractivity contribution is -0.135. The summed E-state index contributed by atoms with van der Waals surface area (Å²) in [6.45, 7) is 12.9. The number of rotatable bonds is 4. The van der Waals surface area contributed by atoms with E-state index in [4.69, 9.17) is 0 Å². The molecular weight excluding hydrogens is 272 g/mol. The third kappa shape index (κ3) is 2.93.